The average Bonchev–Trinajstić information content (AvgIpc) is 2.87. The summed E-state index contributed by atoms with van der Waals surface area (Å²) in [5.41, 5.74) is 0. The van der Waals surface area contributed by atoms with E-state index in [1.165, 1.54) is 44.9 Å². The molecule has 13 heavy (non-hydrogen) atoms. The van der Waals surface area contributed by atoms with Crippen LogP contribution in [0.25, 0.3) is 0 Å². The van der Waals surface area contributed by atoms with E-state index >= 15 is 0 Å². The summed E-state index contributed by atoms with van der Waals surface area (Å²) >= 11 is 0. The lowest BCUT2D eigenvalue weighted by atomic mass is 10.1. The fraction of sp³-hybridized carbons (Fsp3) is 0.917. The van der Waals surface area contributed by atoms with Crippen LogP contribution in [0.15, 0.2) is 0 Å². The van der Waals surface area contributed by atoms with Gasteiger partial charge in [-0.25, -0.2) is 0 Å². The second-order valence-corrected chi connectivity index (χ2v) is 4.73. The van der Waals surface area contributed by atoms with E-state index in [1.807, 2.05) is 0 Å². The molecule has 0 saturated heterocycles. The molecule has 2 saturated carbocycles. The molecule has 2 aliphatic rings. The highest BCUT2D eigenvalue weighted by Gasteiger charge is 2.41. The zero-order chi connectivity index (χ0) is 9.10. The first kappa shape index (κ1) is 9.23. The van der Waals surface area contributed by atoms with Crippen LogP contribution in [0.1, 0.15) is 57.8 Å². The summed E-state index contributed by atoms with van der Waals surface area (Å²) in [6.45, 7) is 0. The third-order valence-corrected chi connectivity index (χ3v) is 3.58. The lowest BCUT2D eigenvalue weighted by Crippen LogP contribution is -2.01. The van der Waals surface area contributed by atoms with Crippen molar-refractivity contribution in [3.8, 4) is 0 Å². The summed E-state index contributed by atoms with van der Waals surface area (Å²) in [6.07, 6.45) is 11.4. The van der Waals surface area contributed by atoms with Crippen LogP contribution < -0.4 is 0 Å². The Morgan fingerprint density at radius 3 is 2.46 bits per heavy atom. The minimum Gasteiger partial charge on any atom is -0.299 e. The number of rotatable bonds is 0. The van der Waals surface area contributed by atoms with Crippen LogP contribution >= 0.6 is 0 Å². The number of carbonyl (C=O) groups excluding carboxylic acids is 1. The van der Waals surface area contributed by atoms with Crippen molar-refractivity contribution in [1.29, 1.82) is 0 Å². The molecule has 0 radical (unpaired) electrons. The zero-order valence-corrected chi connectivity index (χ0v) is 8.43. The first-order valence-corrected chi connectivity index (χ1v) is 5.90. The van der Waals surface area contributed by atoms with Gasteiger partial charge in [-0.3, -0.25) is 4.79 Å². The van der Waals surface area contributed by atoms with Crippen LogP contribution in [0.5, 0.6) is 0 Å². The van der Waals surface area contributed by atoms with Crippen LogP contribution in [-0.4, -0.2) is 5.78 Å². The Labute approximate surface area is 80.9 Å². The fourth-order valence-corrected chi connectivity index (χ4v) is 2.56. The van der Waals surface area contributed by atoms with Gasteiger partial charge in [-0.2, -0.15) is 0 Å². The van der Waals surface area contributed by atoms with E-state index in [2.05, 4.69) is 0 Å². The monoisotopic (exact) mass is 180 g/mol. The Morgan fingerprint density at radius 2 is 1.62 bits per heavy atom. The summed E-state index contributed by atoms with van der Waals surface area (Å²) in [7, 11) is 0. The van der Waals surface area contributed by atoms with Gasteiger partial charge >= 0.3 is 0 Å². The molecule has 1 heteroatoms. The van der Waals surface area contributed by atoms with Crippen LogP contribution in [0.3, 0.4) is 0 Å². The van der Waals surface area contributed by atoms with E-state index in [0.717, 1.165) is 18.8 Å². The number of hydrogen-bond acceptors (Lipinski definition) is 1. The standard InChI is InChI=1S/C12H20O/c13-12-8-6-4-2-1-3-5-7-10-9-11(10)12/h10-11H,1-9H2/t10-,11-/m1/s1. The smallest absolute Gasteiger partial charge is 0.136 e. The highest BCUT2D eigenvalue weighted by atomic mass is 16.1. The van der Waals surface area contributed by atoms with Crippen molar-refractivity contribution in [3.63, 3.8) is 0 Å². The lowest BCUT2D eigenvalue weighted by Gasteiger charge is -1.98. The van der Waals surface area contributed by atoms with Crippen molar-refractivity contribution >= 4 is 5.78 Å². The molecular formula is C12H20O. The number of ketones is 1. The molecule has 2 atom stereocenters. The van der Waals surface area contributed by atoms with E-state index in [0.29, 0.717) is 11.7 Å². The van der Waals surface area contributed by atoms with Gasteiger partial charge in [0.1, 0.15) is 5.78 Å². The van der Waals surface area contributed by atoms with Crippen molar-refractivity contribution in [1.82, 2.24) is 0 Å². The quantitative estimate of drug-likeness (QED) is 0.559. The van der Waals surface area contributed by atoms with Crippen LogP contribution in [0.4, 0.5) is 0 Å². The molecule has 0 unspecified atom stereocenters. The molecule has 2 fully saturated rings. The molecule has 0 heterocycles. The van der Waals surface area contributed by atoms with Gasteiger partial charge in [0.05, 0.1) is 0 Å². The summed E-state index contributed by atoms with van der Waals surface area (Å²) in [4.78, 5) is 11.6. The molecule has 0 aromatic carbocycles. The van der Waals surface area contributed by atoms with Gasteiger partial charge in [0.25, 0.3) is 0 Å². The summed E-state index contributed by atoms with van der Waals surface area (Å²) in [6, 6.07) is 0. The first-order chi connectivity index (χ1) is 6.38. The third-order valence-electron chi connectivity index (χ3n) is 3.58. The largest absolute Gasteiger partial charge is 0.299 e. The zero-order valence-electron chi connectivity index (χ0n) is 8.43. The SMILES string of the molecule is O=C1CCCCCCCC[C@@H]2C[C@@H]12. The van der Waals surface area contributed by atoms with Gasteiger partial charge in [-0.05, 0) is 25.2 Å². The minimum atomic E-state index is 0.498. The molecule has 1 nitrogen and oxygen atoms in total. The van der Waals surface area contributed by atoms with E-state index in [9.17, 15) is 4.79 Å². The van der Waals surface area contributed by atoms with Gasteiger partial charge in [0.2, 0.25) is 0 Å². The van der Waals surface area contributed by atoms with Crippen molar-refractivity contribution < 1.29 is 4.79 Å². The van der Waals surface area contributed by atoms with E-state index in [1.54, 1.807) is 0 Å². The predicted octanol–water partition coefficient (Wildman–Crippen LogP) is 3.33. The Balaban J connectivity index is 1.81. The molecule has 0 bridgehead atoms. The molecule has 0 N–H and O–H groups in total. The van der Waals surface area contributed by atoms with Gasteiger partial charge in [-0.1, -0.05) is 32.1 Å². The van der Waals surface area contributed by atoms with Crippen LogP contribution in [0, 0.1) is 11.8 Å². The maximum absolute atomic E-state index is 11.6. The van der Waals surface area contributed by atoms with Crippen molar-refractivity contribution in [2.45, 2.75) is 57.8 Å². The molecule has 2 rings (SSSR count). The summed E-state index contributed by atoms with van der Waals surface area (Å²) in [5.74, 6) is 1.87. The number of hydrogen-bond donors (Lipinski definition) is 0. The lowest BCUT2D eigenvalue weighted by molar-refractivity contribution is -0.120. The Hall–Kier alpha value is -0.330. The maximum atomic E-state index is 11.6. The molecule has 0 aliphatic heterocycles. The number of Topliss-reactive ketones (excluding diaryl/α,β-unsaturated/α-hetero) is 1. The van der Waals surface area contributed by atoms with Gasteiger partial charge in [0.15, 0.2) is 0 Å². The topological polar surface area (TPSA) is 17.1 Å². The Bertz CT molecular complexity index is 186. The summed E-state index contributed by atoms with van der Waals surface area (Å²) < 4.78 is 0. The third kappa shape index (κ3) is 2.55. The van der Waals surface area contributed by atoms with Crippen LogP contribution in [-0.2, 0) is 4.79 Å². The number of fused-ring (bicyclic) bond motifs is 1. The molecule has 0 aromatic rings. The predicted molar refractivity (Wildman–Crippen MR) is 53.5 cm³/mol. The fourth-order valence-electron chi connectivity index (χ4n) is 2.56. The van der Waals surface area contributed by atoms with E-state index in [-0.39, 0.29) is 0 Å². The summed E-state index contributed by atoms with van der Waals surface area (Å²) in [5, 5.41) is 0. The molecule has 0 aromatic heterocycles. The van der Waals surface area contributed by atoms with E-state index < -0.39 is 0 Å². The minimum absolute atomic E-state index is 0.498. The van der Waals surface area contributed by atoms with Gasteiger partial charge in [0, 0.05) is 12.3 Å². The highest BCUT2D eigenvalue weighted by Crippen LogP contribution is 2.44. The average molecular weight is 180 g/mol. The van der Waals surface area contributed by atoms with Crippen molar-refractivity contribution in [2.24, 2.45) is 11.8 Å². The van der Waals surface area contributed by atoms with Crippen molar-refractivity contribution in [2.75, 3.05) is 0 Å². The Kier molecular flexibility index (Phi) is 3.02. The molecule has 0 amide bonds. The van der Waals surface area contributed by atoms with Gasteiger partial charge in [-0.15, -0.1) is 0 Å². The normalized spacial score (nSPS) is 36.2. The molecule has 0 spiro atoms. The molecular weight excluding hydrogens is 160 g/mol. The first-order valence-electron chi connectivity index (χ1n) is 5.90. The number of carbonyl (C=O) groups is 1. The Morgan fingerprint density at radius 1 is 0.923 bits per heavy atom. The van der Waals surface area contributed by atoms with Crippen molar-refractivity contribution in [3.05, 3.63) is 0 Å². The van der Waals surface area contributed by atoms with Gasteiger partial charge < -0.3 is 0 Å². The molecule has 2 aliphatic carbocycles. The van der Waals surface area contributed by atoms with E-state index in [4.69, 9.17) is 0 Å². The second-order valence-electron chi connectivity index (χ2n) is 4.73. The molecule has 74 valence electrons. The highest BCUT2D eigenvalue weighted by molar-refractivity contribution is 5.83. The second kappa shape index (κ2) is 4.26. The van der Waals surface area contributed by atoms with Crippen LogP contribution in [0.2, 0.25) is 0 Å². The maximum Gasteiger partial charge on any atom is 0.136 e.